The zero-order valence-corrected chi connectivity index (χ0v) is 21.3. The fraction of sp³-hybridized carbons (Fsp3) is 0.233. The van der Waals surface area contributed by atoms with Crippen LogP contribution in [0.15, 0.2) is 65.3 Å². The molecule has 1 aliphatic heterocycles. The Balaban J connectivity index is 1.50. The van der Waals surface area contributed by atoms with Gasteiger partial charge in [0.1, 0.15) is 30.3 Å². The summed E-state index contributed by atoms with van der Waals surface area (Å²) in [6, 6.07) is 15.2. The summed E-state index contributed by atoms with van der Waals surface area (Å²) in [4.78, 5) is 13.0. The van der Waals surface area contributed by atoms with Crippen molar-refractivity contribution in [2.24, 2.45) is 0 Å². The maximum Gasteiger partial charge on any atom is 0.248 e. The molecule has 1 aliphatic rings. The zero-order chi connectivity index (χ0) is 25.9. The Morgan fingerprint density at radius 1 is 1.05 bits per heavy atom. The summed E-state index contributed by atoms with van der Waals surface area (Å²) in [6.45, 7) is 7.30. The van der Waals surface area contributed by atoms with Crippen LogP contribution < -0.4 is 24.3 Å². The molecule has 190 valence electrons. The minimum atomic E-state index is -0.253. The van der Waals surface area contributed by atoms with Crippen LogP contribution in [0.1, 0.15) is 25.0 Å². The van der Waals surface area contributed by atoms with Crippen LogP contribution >= 0.6 is 0 Å². The van der Waals surface area contributed by atoms with E-state index in [-0.39, 0.29) is 5.91 Å². The third-order valence-corrected chi connectivity index (χ3v) is 6.32. The number of ether oxygens (including phenoxy) is 4. The molecule has 0 aliphatic carbocycles. The van der Waals surface area contributed by atoms with Crippen molar-refractivity contribution in [1.82, 2.24) is 0 Å². The Morgan fingerprint density at radius 2 is 1.81 bits per heavy atom. The van der Waals surface area contributed by atoms with E-state index < -0.39 is 0 Å². The van der Waals surface area contributed by atoms with Crippen molar-refractivity contribution in [3.05, 3.63) is 72.0 Å². The standard InChI is InChI=1S/C30H29NO6/c1-5-34-29-19(3)30-24(25(17-37-30)20-6-9-22(33-4)10-7-20)16-23(29)18(2)14-28(32)31-21-8-11-26-27(15-21)36-13-12-35-26/h6-11,14-17H,5,12-13H2,1-4H3,(H,31,32)/b18-14+. The third-order valence-electron chi connectivity index (χ3n) is 6.32. The van der Waals surface area contributed by atoms with E-state index in [1.807, 2.05) is 51.1 Å². The molecule has 7 heteroatoms. The highest BCUT2D eigenvalue weighted by molar-refractivity contribution is 6.06. The monoisotopic (exact) mass is 499 g/mol. The van der Waals surface area contributed by atoms with E-state index in [4.69, 9.17) is 23.4 Å². The predicted octanol–water partition coefficient (Wildman–Crippen LogP) is 6.63. The van der Waals surface area contributed by atoms with Crippen LogP contribution in [-0.4, -0.2) is 32.8 Å². The number of carbonyl (C=O) groups excluding carboxylic acids is 1. The van der Waals surface area contributed by atoms with Gasteiger partial charge in [-0.3, -0.25) is 4.79 Å². The molecule has 1 aromatic heterocycles. The number of aryl methyl sites for hydroxylation is 1. The summed E-state index contributed by atoms with van der Waals surface area (Å²) in [5, 5.41) is 3.86. The molecule has 0 spiro atoms. The largest absolute Gasteiger partial charge is 0.497 e. The summed E-state index contributed by atoms with van der Waals surface area (Å²) in [7, 11) is 1.65. The number of methoxy groups -OCH3 is 1. The Morgan fingerprint density at radius 3 is 2.54 bits per heavy atom. The summed E-state index contributed by atoms with van der Waals surface area (Å²) in [5.74, 6) is 2.53. The Hall–Kier alpha value is -4.39. The van der Waals surface area contributed by atoms with Gasteiger partial charge in [0.15, 0.2) is 11.5 Å². The van der Waals surface area contributed by atoms with E-state index in [0.717, 1.165) is 44.5 Å². The van der Waals surface area contributed by atoms with E-state index in [1.54, 1.807) is 37.6 Å². The van der Waals surface area contributed by atoms with Gasteiger partial charge in [0, 0.05) is 39.9 Å². The molecule has 4 aromatic rings. The molecule has 0 atom stereocenters. The van der Waals surface area contributed by atoms with Crippen molar-refractivity contribution in [3.63, 3.8) is 0 Å². The van der Waals surface area contributed by atoms with Crippen LogP contribution in [0.2, 0.25) is 0 Å². The van der Waals surface area contributed by atoms with Crippen LogP contribution in [0.4, 0.5) is 5.69 Å². The molecule has 0 bridgehead atoms. The van der Waals surface area contributed by atoms with Crippen LogP contribution in [0.3, 0.4) is 0 Å². The van der Waals surface area contributed by atoms with Crippen molar-refractivity contribution >= 4 is 28.1 Å². The summed E-state index contributed by atoms with van der Waals surface area (Å²) in [6.07, 6.45) is 3.33. The third kappa shape index (κ3) is 4.85. The molecule has 1 N–H and O–H groups in total. The highest BCUT2D eigenvalue weighted by Crippen LogP contribution is 2.41. The SMILES string of the molecule is CCOc1c(/C(C)=C/C(=O)Nc2ccc3c(c2)OCCO3)cc2c(-c3ccc(OC)cc3)coc2c1C. The highest BCUT2D eigenvalue weighted by atomic mass is 16.6. The van der Waals surface area contributed by atoms with Gasteiger partial charge in [-0.05, 0) is 62.2 Å². The first-order valence-corrected chi connectivity index (χ1v) is 12.2. The number of hydrogen-bond donors (Lipinski definition) is 1. The van der Waals surface area contributed by atoms with Gasteiger partial charge in [-0.15, -0.1) is 0 Å². The minimum absolute atomic E-state index is 0.253. The van der Waals surface area contributed by atoms with Crippen molar-refractivity contribution in [2.75, 3.05) is 32.2 Å². The van der Waals surface area contributed by atoms with Crippen molar-refractivity contribution in [3.8, 4) is 34.1 Å². The summed E-state index contributed by atoms with van der Waals surface area (Å²) < 4.78 is 28.5. The summed E-state index contributed by atoms with van der Waals surface area (Å²) in [5.41, 5.74) is 5.84. The van der Waals surface area contributed by atoms with Crippen molar-refractivity contribution in [2.45, 2.75) is 20.8 Å². The van der Waals surface area contributed by atoms with Crippen LogP contribution in [0.25, 0.3) is 27.7 Å². The molecule has 1 amide bonds. The lowest BCUT2D eigenvalue weighted by Crippen LogP contribution is -2.16. The maximum absolute atomic E-state index is 13.0. The molecule has 0 unspecified atom stereocenters. The number of benzene rings is 3. The average molecular weight is 500 g/mol. The van der Waals surface area contributed by atoms with Gasteiger partial charge < -0.3 is 28.7 Å². The minimum Gasteiger partial charge on any atom is -0.497 e. The lowest BCUT2D eigenvalue weighted by Gasteiger charge is -2.19. The van der Waals surface area contributed by atoms with Gasteiger partial charge in [0.05, 0.1) is 20.0 Å². The first kappa shape index (κ1) is 24.3. The predicted molar refractivity (Wildman–Crippen MR) is 144 cm³/mol. The van der Waals surface area contributed by atoms with Crippen LogP contribution in [-0.2, 0) is 4.79 Å². The second-order valence-electron chi connectivity index (χ2n) is 8.74. The number of rotatable bonds is 7. The lowest BCUT2D eigenvalue weighted by atomic mass is 9.96. The van der Waals surface area contributed by atoms with Gasteiger partial charge in [0.25, 0.3) is 0 Å². The number of carbonyl (C=O) groups is 1. The van der Waals surface area contributed by atoms with Crippen molar-refractivity contribution in [1.29, 1.82) is 0 Å². The number of fused-ring (bicyclic) bond motifs is 2. The molecule has 7 nitrogen and oxygen atoms in total. The first-order chi connectivity index (χ1) is 18.0. The molecular weight excluding hydrogens is 470 g/mol. The van der Waals surface area contributed by atoms with E-state index in [1.165, 1.54) is 0 Å². The lowest BCUT2D eigenvalue weighted by molar-refractivity contribution is -0.111. The van der Waals surface area contributed by atoms with E-state index in [9.17, 15) is 4.79 Å². The molecule has 0 fully saturated rings. The smallest absolute Gasteiger partial charge is 0.248 e. The number of nitrogens with one attached hydrogen (secondary N) is 1. The fourth-order valence-electron chi connectivity index (χ4n) is 4.51. The first-order valence-electron chi connectivity index (χ1n) is 12.2. The van der Waals surface area contributed by atoms with E-state index >= 15 is 0 Å². The van der Waals surface area contributed by atoms with Crippen LogP contribution in [0.5, 0.6) is 23.0 Å². The van der Waals surface area contributed by atoms with E-state index in [0.29, 0.717) is 42.8 Å². The fourth-order valence-corrected chi connectivity index (χ4v) is 4.51. The van der Waals surface area contributed by atoms with Gasteiger partial charge in [-0.2, -0.15) is 0 Å². The molecular formula is C30H29NO6. The molecule has 3 aromatic carbocycles. The highest BCUT2D eigenvalue weighted by Gasteiger charge is 2.19. The summed E-state index contributed by atoms with van der Waals surface area (Å²) >= 11 is 0. The average Bonchev–Trinajstić information content (AvgIpc) is 3.34. The van der Waals surface area contributed by atoms with Gasteiger partial charge in [-0.1, -0.05) is 12.1 Å². The Kier molecular flexibility index (Phi) is 6.77. The topological polar surface area (TPSA) is 79.2 Å². The number of allylic oxidation sites excluding steroid dienone is 1. The maximum atomic E-state index is 13.0. The molecule has 0 saturated heterocycles. The van der Waals surface area contributed by atoms with Gasteiger partial charge in [0.2, 0.25) is 5.91 Å². The number of hydrogen-bond acceptors (Lipinski definition) is 6. The zero-order valence-electron chi connectivity index (χ0n) is 21.3. The number of amides is 1. The molecule has 2 heterocycles. The second-order valence-corrected chi connectivity index (χ2v) is 8.74. The Bertz CT molecular complexity index is 1480. The molecule has 37 heavy (non-hydrogen) atoms. The number of furan rings is 1. The number of anilines is 1. The van der Waals surface area contributed by atoms with E-state index in [2.05, 4.69) is 5.32 Å². The normalized spacial score (nSPS) is 12.9. The Labute approximate surface area is 215 Å². The molecule has 5 rings (SSSR count). The van der Waals surface area contributed by atoms with Gasteiger partial charge >= 0.3 is 0 Å². The van der Waals surface area contributed by atoms with Crippen LogP contribution in [0, 0.1) is 6.92 Å². The van der Waals surface area contributed by atoms with Crippen molar-refractivity contribution < 1.29 is 28.2 Å². The van der Waals surface area contributed by atoms with Gasteiger partial charge in [-0.25, -0.2) is 0 Å². The molecule has 0 saturated carbocycles. The quantitative estimate of drug-likeness (QED) is 0.288. The molecule has 0 radical (unpaired) electrons. The second kappa shape index (κ2) is 10.3.